The van der Waals surface area contributed by atoms with Crippen LogP contribution in [0.25, 0.3) is 11.1 Å². The second-order valence-electron chi connectivity index (χ2n) is 4.44. The molecule has 1 aromatic heterocycles. The molecule has 0 fully saturated rings. The average molecular weight is 304 g/mol. The SMILES string of the molecule is CC(C(=O)O)c1ccc2ncoc2c1.Clc1ccccc1. The summed E-state index contributed by atoms with van der Waals surface area (Å²) in [4.78, 5) is 14.7. The molecular weight excluding hydrogens is 290 g/mol. The lowest BCUT2D eigenvalue weighted by atomic mass is 10.0. The van der Waals surface area contributed by atoms with Crippen LogP contribution in [0.1, 0.15) is 18.4 Å². The van der Waals surface area contributed by atoms with E-state index in [0.29, 0.717) is 5.58 Å². The van der Waals surface area contributed by atoms with E-state index < -0.39 is 11.9 Å². The highest BCUT2D eigenvalue weighted by Crippen LogP contribution is 2.20. The highest BCUT2D eigenvalue weighted by Gasteiger charge is 2.14. The average Bonchev–Trinajstić information content (AvgIpc) is 2.95. The molecule has 2 aromatic carbocycles. The zero-order valence-electron chi connectivity index (χ0n) is 11.4. The summed E-state index contributed by atoms with van der Waals surface area (Å²) in [6.07, 6.45) is 1.35. The standard InChI is InChI=1S/C10H9NO3.C6H5Cl/c1-6(10(12)13)7-2-3-8-9(4-7)14-5-11-8;7-6-4-2-1-3-5-6/h2-6H,1H3,(H,12,13);1-5H. The van der Waals surface area contributed by atoms with Gasteiger partial charge in [-0.15, -0.1) is 0 Å². The van der Waals surface area contributed by atoms with Crippen LogP contribution in [0, 0.1) is 0 Å². The number of fused-ring (bicyclic) bond motifs is 1. The number of carboxylic acids is 1. The minimum absolute atomic E-state index is 0.524. The van der Waals surface area contributed by atoms with Crippen molar-refractivity contribution in [2.45, 2.75) is 12.8 Å². The molecule has 1 unspecified atom stereocenters. The molecule has 0 aliphatic rings. The molecule has 0 saturated carbocycles. The van der Waals surface area contributed by atoms with Gasteiger partial charge in [0.05, 0.1) is 5.92 Å². The summed E-state index contributed by atoms with van der Waals surface area (Å²) in [5, 5.41) is 9.61. The van der Waals surface area contributed by atoms with Gasteiger partial charge in [0, 0.05) is 5.02 Å². The summed E-state index contributed by atoms with van der Waals surface area (Å²) in [5.41, 5.74) is 2.09. The second-order valence-corrected chi connectivity index (χ2v) is 4.87. The number of hydrogen-bond acceptors (Lipinski definition) is 3. The van der Waals surface area contributed by atoms with Gasteiger partial charge in [-0.2, -0.15) is 0 Å². The fourth-order valence-corrected chi connectivity index (χ4v) is 1.84. The first-order chi connectivity index (χ1) is 10.1. The van der Waals surface area contributed by atoms with E-state index in [1.54, 1.807) is 25.1 Å². The Morgan fingerprint density at radius 2 is 1.95 bits per heavy atom. The van der Waals surface area contributed by atoms with E-state index in [2.05, 4.69) is 4.98 Å². The summed E-state index contributed by atoms with van der Waals surface area (Å²) in [5.74, 6) is -1.37. The number of halogens is 1. The number of oxazole rings is 1. The molecule has 0 aliphatic heterocycles. The van der Waals surface area contributed by atoms with Crippen molar-refractivity contribution in [3.05, 3.63) is 65.5 Å². The maximum Gasteiger partial charge on any atom is 0.310 e. The van der Waals surface area contributed by atoms with Crippen LogP contribution >= 0.6 is 11.6 Å². The highest BCUT2D eigenvalue weighted by molar-refractivity contribution is 6.30. The van der Waals surface area contributed by atoms with Gasteiger partial charge in [-0.25, -0.2) is 4.98 Å². The van der Waals surface area contributed by atoms with Gasteiger partial charge in [0.2, 0.25) is 0 Å². The van der Waals surface area contributed by atoms with E-state index in [0.717, 1.165) is 16.1 Å². The van der Waals surface area contributed by atoms with Crippen molar-refractivity contribution in [2.75, 3.05) is 0 Å². The van der Waals surface area contributed by atoms with E-state index in [-0.39, 0.29) is 0 Å². The van der Waals surface area contributed by atoms with Crippen molar-refractivity contribution in [2.24, 2.45) is 0 Å². The van der Waals surface area contributed by atoms with E-state index in [1.165, 1.54) is 6.39 Å². The molecule has 3 rings (SSSR count). The van der Waals surface area contributed by atoms with Crippen LogP contribution < -0.4 is 0 Å². The maximum atomic E-state index is 10.7. The minimum Gasteiger partial charge on any atom is -0.481 e. The van der Waals surface area contributed by atoms with Crippen LogP contribution in [0.3, 0.4) is 0 Å². The van der Waals surface area contributed by atoms with Gasteiger partial charge in [-0.1, -0.05) is 35.9 Å². The summed E-state index contributed by atoms with van der Waals surface area (Å²) in [7, 11) is 0. The Bertz CT molecular complexity index is 724. The van der Waals surface area contributed by atoms with E-state index in [1.807, 2.05) is 30.3 Å². The number of nitrogens with zero attached hydrogens (tertiary/aromatic N) is 1. The molecule has 0 bridgehead atoms. The Balaban J connectivity index is 0.000000194. The first kappa shape index (κ1) is 15.1. The summed E-state index contributed by atoms with van der Waals surface area (Å²) in [6.45, 7) is 1.64. The molecule has 0 radical (unpaired) electrons. The van der Waals surface area contributed by atoms with Gasteiger partial charge in [-0.3, -0.25) is 4.79 Å². The Morgan fingerprint density at radius 1 is 1.24 bits per heavy atom. The lowest BCUT2D eigenvalue weighted by Crippen LogP contribution is -2.06. The lowest BCUT2D eigenvalue weighted by Gasteiger charge is -2.04. The first-order valence-electron chi connectivity index (χ1n) is 6.34. The zero-order valence-corrected chi connectivity index (χ0v) is 12.1. The van der Waals surface area contributed by atoms with Crippen LogP contribution in [-0.2, 0) is 4.79 Å². The smallest absolute Gasteiger partial charge is 0.310 e. The number of benzene rings is 2. The Hall–Kier alpha value is -2.33. The third-order valence-electron chi connectivity index (χ3n) is 2.96. The van der Waals surface area contributed by atoms with Crippen molar-refractivity contribution in [3.8, 4) is 0 Å². The number of carboxylic acid groups (broad SMARTS) is 1. The van der Waals surface area contributed by atoms with E-state index in [9.17, 15) is 4.79 Å². The number of aliphatic carboxylic acids is 1. The molecule has 1 N–H and O–H groups in total. The normalized spacial score (nSPS) is 11.5. The lowest BCUT2D eigenvalue weighted by molar-refractivity contribution is -0.138. The van der Waals surface area contributed by atoms with Crippen LogP contribution in [0.5, 0.6) is 0 Å². The number of aromatic nitrogens is 1. The summed E-state index contributed by atoms with van der Waals surface area (Å²) >= 11 is 5.54. The Labute approximate surface area is 127 Å². The van der Waals surface area contributed by atoms with Gasteiger partial charge in [0.1, 0.15) is 5.52 Å². The summed E-state index contributed by atoms with van der Waals surface area (Å²) < 4.78 is 5.08. The molecule has 0 aliphatic carbocycles. The van der Waals surface area contributed by atoms with Crippen LogP contribution in [-0.4, -0.2) is 16.1 Å². The minimum atomic E-state index is -0.844. The first-order valence-corrected chi connectivity index (χ1v) is 6.72. The third kappa shape index (κ3) is 4.07. The van der Waals surface area contributed by atoms with Gasteiger partial charge >= 0.3 is 5.97 Å². The molecule has 4 nitrogen and oxygen atoms in total. The number of carbonyl (C=O) groups is 1. The van der Waals surface area contributed by atoms with Gasteiger partial charge in [0.15, 0.2) is 12.0 Å². The molecule has 0 saturated heterocycles. The molecular formula is C16H14ClNO3. The van der Waals surface area contributed by atoms with Crippen molar-refractivity contribution >= 4 is 28.7 Å². The molecule has 0 amide bonds. The van der Waals surface area contributed by atoms with Crippen LogP contribution in [0.2, 0.25) is 5.02 Å². The Morgan fingerprint density at radius 3 is 2.52 bits per heavy atom. The molecule has 3 aromatic rings. The topological polar surface area (TPSA) is 63.3 Å². The zero-order chi connectivity index (χ0) is 15.2. The van der Waals surface area contributed by atoms with Crippen molar-refractivity contribution < 1.29 is 14.3 Å². The van der Waals surface area contributed by atoms with E-state index >= 15 is 0 Å². The predicted molar refractivity (Wildman–Crippen MR) is 81.5 cm³/mol. The molecule has 1 atom stereocenters. The quantitative estimate of drug-likeness (QED) is 0.764. The Kier molecular flexibility index (Phi) is 4.95. The van der Waals surface area contributed by atoms with E-state index in [4.69, 9.17) is 21.1 Å². The van der Waals surface area contributed by atoms with Crippen molar-refractivity contribution in [1.29, 1.82) is 0 Å². The molecule has 21 heavy (non-hydrogen) atoms. The molecule has 0 spiro atoms. The predicted octanol–water partition coefficient (Wildman–Crippen LogP) is 4.36. The third-order valence-corrected chi connectivity index (χ3v) is 3.21. The van der Waals surface area contributed by atoms with Gasteiger partial charge in [-0.05, 0) is 36.8 Å². The molecule has 5 heteroatoms. The fraction of sp³-hybridized carbons (Fsp3) is 0.125. The van der Waals surface area contributed by atoms with Crippen molar-refractivity contribution in [1.82, 2.24) is 4.98 Å². The largest absolute Gasteiger partial charge is 0.481 e. The van der Waals surface area contributed by atoms with Crippen LogP contribution in [0.4, 0.5) is 0 Å². The summed E-state index contributed by atoms with van der Waals surface area (Å²) in [6, 6.07) is 14.7. The van der Waals surface area contributed by atoms with Gasteiger partial charge < -0.3 is 9.52 Å². The number of rotatable bonds is 2. The monoisotopic (exact) mass is 303 g/mol. The maximum absolute atomic E-state index is 10.7. The second kappa shape index (κ2) is 6.90. The van der Waals surface area contributed by atoms with Crippen LogP contribution in [0.15, 0.2) is 59.3 Å². The highest BCUT2D eigenvalue weighted by atomic mass is 35.5. The molecule has 1 heterocycles. The number of hydrogen-bond donors (Lipinski definition) is 1. The van der Waals surface area contributed by atoms with Crippen molar-refractivity contribution in [3.63, 3.8) is 0 Å². The van der Waals surface area contributed by atoms with Gasteiger partial charge in [0.25, 0.3) is 0 Å². The fourth-order valence-electron chi connectivity index (χ4n) is 1.70. The molecule has 108 valence electrons.